The van der Waals surface area contributed by atoms with Gasteiger partial charge in [-0.25, -0.2) is 15.0 Å². The maximum atomic E-state index is 12.0. The summed E-state index contributed by atoms with van der Waals surface area (Å²) in [6, 6.07) is 12.3. The van der Waals surface area contributed by atoms with Gasteiger partial charge in [-0.1, -0.05) is 34.2 Å². The molecule has 6 aliphatic rings. The van der Waals surface area contributed by atoms with E-state index in [4.69, 9.17) is 0 Å². The molecule has 9 N–H and O–H groups in total. The number of halogens is 4. The maximum Gasteiger partial charge on any atom is 0.225 e. The number of aryl methyl sites for hydroxylation is 3. The van der Waals surface area contributed by atoms with Crippen molar-refractivity contribution < 1.29 is 46.0 Å². The second kappa shape index (κ2) is 22.8. The zero-order chi connectivity index (χ0) is 54.0. The van der Waals surface area contributed by atoms with Crippen molar-refractivity contribution in [1.82, 2.24) is 15.0 Å². The van der Waals surface area contributed by atoms with Gasteiger partial charge in [0, 0.05) is 60.4 Å². The van der Waals surface area contributed by atoms with Crippen molar-refractivity contribution >= 4 is 134 Å². The first-order valence-corrected chi connectivity index (χ1v) is 26.8. The molecule has 0 fully saturated rings. The number of aromatic nitrogens is 3. The van der Waals surface area contributed by atoms with Crippen LogP contribution in [0, 0.1) is 27.7 Å². The molecule has 15 nitrogen and oxygen atoms in total. The van der Waals surface area contributed by atoms with E-state index in [0.717, 1.165) is 5.56 Å². The van der Waals surface area contributed by atoms with E-state index in [2.05, 4.69) is 78.7 Å². The average molecular weight is 1310 g/mol. The van der Waals surface area contributed by atoms with Crippen LogP contribution in [0.4, 0.5) is 0 Å². The monoisotopic (exact) mass is 1310 g/mol. The molecule has 3 aromatic carbocycles. The van der Waals surface area contributed by atoms with Gasteiger partial charge in [0.05, 0.1) is 23.6 Å². The van der Waals surface area contributed by atoms with Gasteiger partial charge < -0.3 is 46.0 Å². The minimum absolute atomic E-state index is 0.213. The summed E-state index contributed by atoms with van der Waals surface area (Å²) >= 11 is 16.6. The number of rotatable bonds is 6. The number of phenols is 9. The van der Waals surface area contributed by atoms with Crippen molar-refractivity contribution in [2.45, 2.75) is 27.7 Å². The largest absolute Gasteiger partial charge is 0.504 e. The Hall–Kier alpha value is -6.66. The molecule has 3 aliphatic carbocycles. The van der Waals surface area contributed by atoms with Crippen LogP contribution >= 0.6 is 97.7 Å². The maximum absolute atomic E-state index is 12.0. The first-order chi connectivity index (χ1) is 34.9. The Labute approximate surface area is 465 Å². The van der Waals surface area contributed by atoms with Crippen LogP contribution in [0.2, 0.25) is 0 Å². The van der Waals surface area contributed by atoms with E-state index in [1.807, 2.05) is 6.92 Å². The van der Waals surface area contributed by atoms with Crippen molar-refractivity contribution in [2.75, 3.05) is 0 Å². The third kappa shape index (κ3) is 11.8. The van der Waals surface area contributed by atoms with Gasteiger partial charge in [0.15, 0.2) is 51.7 Å². The topological polar surface area (TPSA) is 272 Å². The third-order valence-electron chi connectivity index (χ3n) is 10.9. The summed E-state index contributed by atoms with van der Waals surface area (Å²) in [5, 5.41) is 89.5. The molecule has 0 radical (unpaired) electrons. The molecule has 378 valence electrons. The van der Waals surface area contributed by atoms with Gasteiger partial charge in [-0.05, 0) is 159 Å². The Bertz CT molecular complexity index is 3850. The van der Waals surface area contributed by atoms with E-state index in [1.54, 1.807) is 93.9 Å². The lowest BCUT2D eigenvalue weighted by Gasteiger charge is -2.11. The molecule has 3 aliphatic heterocycles. The lowest BCUT2D eigenvalue weighted by molar-refractivity contribution is 0.401. The van der Waals surface area contributed by atoms with Crippen LogP contribution < -0.4 is 16.3 Å². The molecule has 0 amide bonds. The van der Waals surface area contributed by atoms with Crippen molar-refractivity contribution in [3.8, 4) is 83.1 Å². The van der Waals surface area contributed by atoms with E-state index >= 15 is 0 Å². The summed E-state index contributed by atoms with van der Waals surface area (Å²) < 4.78 is 1.97. The predicted molar refractivity (Wildman–Crippen MR) is 306 cm³/mol. The van der Waals surface area contributed by atoms with Crippen molar-refractivity contribution in [3.63, 3.8) is 0 Å². The molecule has 0 aromatic heterocycles. The van der Waals surface area contributed by atoms with Crippen LogP contribution in [-0.2, 0) is 0 Å². The zero-order valence-corrected chi connectivity index (χ0v) is 47.4. The SMILES string of the molecule is Cc1c(Br)c2cnc(/C=C/c3cc(O)c(O)c(Br)c3)sc-2c(O)c1=O.Cc1cc2cnc(/C=C/c3cc(O)c(O)cc3Br)sc-2c(O)c1=O.Cc1nc(/C=C/c2ccc(O)c(O)c2Br)sc2c(O)c(=O)c(C)cc1-2. The number of benzene rings is 6. The Morgan fingerprint density at radius 3 is 1.70 bits per heavy atom. The summed E-state index contributed by atoms with van der Waals surface area (Å²) in [6.07, 6.45) is 13.4. The molecular weight excluding hydrogens is 1270 g/mol. The third-order valence-corrected chi connectivity index (χ3v) is 17.2. The zero-order valence-electron chi connectivity index (χ0n) is 38.6. The summed E-state index contributed by atoms with van der Waals surface area (Å²) in [7, 11) is 0. The van der Waals surface area contributed by atoms with E-state index in [0.29, 0.717) is 97.7 Å². The van der Waals surface area contributed by atoms with Gasteiger partial charge >= 0.3 is 0 Å². The fourth-order valence-corrected chi connectivity index (χ4v) is 11.7. The highest BCUT2D eigenvalue weighted by Crippen LogP contribution is 2.42. The predicted octanol–water partition coefficient (Wildman–Crippen LogP) is 13.0. The Kier molecular flexibility index (Phi) is 17.0. The van der Waals surface area contributed by atoms with Crippen LogP contribution in [0.25, 0.3) is 67.8 Å². The minimum atomic E-state index is -0.413. The first-order valence-electron chi connectivity index (χ1n) is 21.2. The molecule has 0 saturated carbocycles. The Morgan fingerprint density at radius 1 is 0.459 bits per heavy atom. The van der Waals surface area contributed by atoms with E-state index < -0.39 is 5.43 Å². The molecule has 0 unspecified atom stereocenters. The van der Waals surface area contributed by atoms with Gasteiger partial charge in [-0.3, -0.25) is 14.4 Å². The normalized spacial score (nSPS) is 11.5. The van der Waals surface area contributed by atoms with Gasteiger partial charge in [-0.2, -0.15) is 0 Å². The van der Waals surface area contributed by atoms with Crippen molar-refractivity contribution in [1.29, 1.82) is 0 Å². The highest BCUT2D eigenvalue weighted by molar-refractivity contribution is 9.11. The van der Waals surface area contributed by atoms with E-state index in [9.17, 15) is 60.3 Å². The van der Waals surface area contributed by atoms with Crippen LogP contribution in [0.1, 0.15) is 54.1 Å². The Balaban J connectivity index is 0.000000162. The Morgan fingerprint density at radius 2 is 1.01 bits per heavy atom. The first kappa shape index (κ1) is 55.1. The second-order valence-electron chi connectivity index (χ2n) is 16.0. The van der Waals surface area contributed by atoms with Crippen LogP contribution in [0.15, 0.2) is 93.2 Å². The molecule has 0 atom stereocenters. The lowest BCUT2D eigenvalue weighted by atomic mass is 10.1. The summed E-state index contributed by atoms with van der Waals surface area (Å²) in [5.74, 6) is -2.17. The van der Waals surface area contributed by atoms with Crippen LogP contribution in [0.5, 0.6) is 51.7 Å². The van der Waals surface area contributed by atoms with E-state index in [1.165, 1.54) is 58.3 Å². The minimum Gasteiger partial charge on any atom is -0.504 e. The molecule has 0 bridgehead atoms. The summed E-state index contributed by atoms with van der Waals surface area (Å²) in [4.78, 5) is 50.4. The molecule has 3 aromatic rings. The molecule has 0 saturated heterocycles. The van der Waals surface area contributed by atoms with Crippen molar-refractivity contribution in [3.05, 3.63) is 164 Å². The fourth-order valence-electron chi connectivity index (χ4n) is 6.85. The molecule has 22 heteroatoms. The van der Waals surface area contributed by atoms with Crippen LogP contribution in [0.3, 0.4) is 0 Å². The highest BCUT2D eigenvalue weighted by Gasteiger charge is 2.21. The van der Waals surface area contributed by atoms with Gasteiger partial charge in [0.1, 0.15) is 15.0 Å². The number of hydrogen-bond donors (Lipinski definition) is 9. The number of phenolic OH excluding ortho intramolecular Hbond substituents is 9. The molecule has 74 heavy (non-hydrogen) atoms. The van der Waals surface area contributed by atoms with Gasteiger partial charge in [-0.15, -0.1) is 34.0 Å². The highest BCUT2D eigenvalue weighted by atomic mass is 79.9. The van der Waals surface area contributed by atoms with Gasteiger partial charge in [0.25, 0.3) is 0 Å². The van der Waals surface area contributed by atoms with E-state index in [-0.39, 0.29) is 62.6 Å². The standard InChI is InChI=1S/C18H14BrNO4S.C17H11Br2NO4S.C17H12BrNO4S/c1-8-7-11-9(2)20-13(25-18(11)17(24)15(8)22)6-4-10-3-5-12(21)16(23)14(10)19;1-7-13(19)9-6-20-12(25-17(9)16(24)14(7)22)3-2-8-4-10(18)15(23)11(21)5-8;1-8-4-10-7-19-14(24-17(10)16(23)15(8)22)3-2-9-5-12(20)13(21)6-11(9)18/h3-7,21,23-24H,1-2H3;2-6,21,23-24H,1H3;2-7,20-21,23H,1H3/b6-4+;2*3-2+. The second-order valence-corrected chi connectivity index (χ2v) is 22.4. The number of fused-ring (bicyclic) bond motifs is 3. The van der Waals surface area contributed by atoms with Gasteiger partial charge in [0.2, 0.25) is 16.3 Å². The fraction of sp³-hybridized carbons (Fsp3) is 0.0769. The molecule has 0 spiro atoms. The number of aromatic hydroxyl groups is 9. The summed E-state index contributed by atoms with van der Waals surface area (Å²) in [6.45, 7) is 6.76. The molecule has 3 heterocycles. The molecular formula is C52H37Br4N3O12S3. The quantitative estimate of drug-likeness (QED) is 0.0701. The van der Waals surface area contributed by atoms with Crippen LogP contribution in [-0.4, -0.2) is 60.9 Å². The molecule has 9 rings (SSSR count). The average Bonchev–Trinajstić information content (AvgIpc) is 3.37. The van der Waals surface area contributed by atoms with Crippen molar-refractivity contribution in [2.24, 2.45) is 0 Å². The number of hydrogen-bond acceptors (Lipinski definition) is 18. The lowest BCUT2D eigenvalue weighted by Crippen LogP contribution is -2.07. The smallest absolute Gasteiger partial charge is 0.225 e. The summed E-state index contributed by atoms with van der Waals surface area (Å²) in [5.41, 5.74) is 5.00. The number of nitrogens with zero attached hydrogens (tertiary/aromatic N) is 3.